The van der Waals surface area contributed by atoms with E-state index < -0.39 is 5.25 Å². The summed E-state index contributed by atoms with van der Waals surface area (Å²) >= 11 is 0.900. The average Bonchev–Trinajstić information content (AvgIpc) is 2.68. The van der Waals surface area contributed by atoms with Gasteiger partial charge in [-0.1, -0.05) is 26.8 Å². The van der Waals surface area contributed by atoms with Gasteiger partial charge in [-0.2, -0.15) is 5.26 Å². The van der Waals surface area contributed by atoms with Crippen LogP contribution in [0.15, 0.2) is 12.7 Å². The molecule has 3 nitrogen and oxygen atoms in total. The Bertz CT molecular complexity index is 440. The van der Waals surface area contributed by atoms with Crippen LogP contribution in [-0.2, 0) is 9.53 Å². The molecule has 2 bridgehead atoms. The number of nitrogens with zero attached hydrogens (tertiary/aromatic N) is 1. The van der Waals surface area contributed by atoms with Crippen LogP contribution >= 0.6 is 11.8 Å². The van der Waals surface area contributed by atoms with Gasteiger partial charge < -0.3 is 4.74 Å². The van der Waals surface area contributed by atoms with Gasteiger partial charge >= 0.3 is 5.97 Å². The number of esters is 1. The number of hydrogen-bond acceptors (Lipinski definition) is 4. The molecule has 2 unspecified atom stereocenters. The second-order valence-corrected chi connectivity index (χ2v) is 7.33. The molecule has 0 radical (unpaired) electrons. The van der Waals surface area contributed by atoms with Crippen LogP contribution in [0.4, 0.5) is 0 Å². The zero-order chi connectivity index (χ0) is 14.3. The SMILES string of the molecule is C=CC(SC#N)C(=O)OC1C[C@H]2CC[C@@]1(C)C2(C)C. The first-order chi connectivity index (χ1) is 8.86. The van der Waals surface area contributed by atoms with E-state index >= 15 is 0 Å². The molecule has 2 saturated carbocycles. The Morgan fingerprint density at radius 2 is 2.26 bits per heavy atom. The minimum absolute atomic E-state index is 0.0181. The molecule has 0 aliphatic heterocycles. The van der Waals surface area contributed by atoms with E-state index in [2.05, 4.69) is 27.4 Å². The lowest BCUT2D eigenvalue weighted by molar-refractivity contribution is -0.155. The van der Waals surface area contributed by atoms with Crippen molar-refractivity contribution in [3.05, 3.63) is 12.7 Å². The lowest BCUT2D eigenvalue weighted by Gasteiger charge is -2.38. The Kier molecular flexibility index (Phi) is 3.70. The summed E-state index contributed by atoms with van der Waals surface area (Å²) in [6.07, 6.45) is 4.77. The molecular formula is C15H21NO2S. The quantitative estimate of drug-likeness (QED) is 0.449. The second kappa shape index (κ2) is 4.86. The molecule has 104 valence electrons. The molecule has 0 aromatic rings. The molecule has 2 fully saturated rings. The molecule has 2 aliphatic carbocycles. The fraction of sp³-hybridized carbons (Fsp3) is 0.733. The van der Waals surface area contributed by atoms with Crippen molar-refractivity contribution in [2.24, 2.45) is 16.7 Å². The van der Waals surface area contributed by atoms with Crippen molar-refractivity contribution in [3.63, 3.8) is 0 Å². The zero-order valence-electron chi connectivity index (χ0n) is 11.8. The summed E-state index contributed by atoms with van der Waals surface area (Å²) in [6, 6.07) is 0. The van der Waals surface area contributed by atoms with Gasteiger partial charge in [0.1, 0.15) is 16.8 Å². The number of hydrogen-bond donors (Lipinski definition) is 0. The van der Waals surface area contributed by atoms with Crippen molar-refractivity contribution >= 4 is 17.7 Å². The van der Waals surface area contributed by atoms with Crippen LogP contribution in [0.5, 0.6) is 0 Å². The topological polar surface area (TPSA) is 50.1 Å². The highest BCUT2D eigenvalue weighted by Gasteiger charge is 2.62. The number of nitriles is 1. The second-order valence-electron chi connectivity index (χ2n) is 6.40. The molecular weight excluding hydrogens is 258 g/mol. The van der Waals surface area contributed by atoms with Crippen LogP contribution in [-0.4, -0.2) is 17.3 Å². The van der Waals surface area contributed by atoms with Crippen molar-refractivity contribution in [2.75, 3.05) is 0 Å². The summed E-state index contributed by atoms with van der Waals surface area (Å²) in [4.78, 5) is 12.1. The average molecular weight is 279 g/mol. The number of carbonyl (C=O) groups excluding carboxylic acids is 1. The summed E-state index contributed by atoms with van der Waals surface area (Å²) in [5.74, 6) is 0.317. The van der Waals surface area contributed by atoms with Crippen LogP contribution in [0.1, 0.15) is 40.0 Å². The lowest BCUT2D eigenvalue weighted by Crippen LogP contribution is -2.39. The molecule has 4 atom stereocenters. The predicted molar refractivity (Wildman–Crippen MR) is 76.3 cm³/mol. The van der Waals surface area contributed by atoms with Gasteiger partial charge in [0.15, 0.2) is 0 Å². The van der Waals surface area contributed by atoms with Crippen molar-refractivity contribution in [2.45, 2.75) is 51.4 Å². The van der Waals surface area contributed by atoms with Crippen molar-refractivity contribution in [1.29, 1.82) is 5.26 Å². The highest BCUT2D eigenvalue weighted by Crippen LogP contribution is 2.66. The number of fused-ring (bicyclic) bond motifs is 2. The normalized spacial score (nSPS) is 36.5. The first-order valence-electron chi connectivity index (χ1n) is 6.74. The van der Waals surface area contributed by atoms with Gasteiger partial charge in [-0.3, -0.25) is 4.79 Å². The maximum absolute atomic E-state index is 12.1. The molecule has 2 aliphatic rings. The summed E-state index contributed by atoms with van der Waals surface area (Å²) in [5, 5.41) is 10.0. The maximum atomic E-state index is 12.1. The summed E-state index contributed by atoms with van der Waals surface area (Å²) in [6.45, 7) is 10.4. The fourth-order valence-corrected chi connectivity index (χ4v) is 4.13. The first kappa shape index (κ1) is 14.5. The van der Waals surface area contributed by atoms with Gasteiger partial charge in [0.2, 0.25) is 0 Å². The molecule has 0 spiro atoms. The van der Waals surface area contributed by atoms with Crippen molar-refractivity contribution < 1.29 is 9.53 Å². The molecule has 4 heteroatoms. The molecule has 0 heterocycles. The smallest absolute Gasteiger partial charge is 0.324 e. The van der Waals surface area contributed by atoms with Crippen LogP contribution in [0.2, 0.25) is 0 Å². The molecule has 0 amide bonds. The molecule has 0 aromatic carbocycles. The van der Waals surface area contributed by atoms with Gasteiger partial charge in [-0.05, 0) is 42.4 Å². The van der Waals surface area contributed by atoms with Crippen LogP contribution in [0.25, 0.3) is 0 Å². The lowest BCUT2D eigenvalue weighted by atomic mass is 9.70. The van der Waals surface area contributed by atoms with E-state index in [1.54, 1.807) is 0 Å². The van der Waals surface area contributed by atoms with E-state index in [9.17, 15) is 4.79 Å². The monoisotopic (exact) mass is 279 g/mol. The fourth-order valence-electron chi connectivity index (χ4n) is 3.76. The molecule has 0 aromatic heterocycles. The van der Waals surface area contributed by atoms with Gasteiger partial charge in [0, 0.05) is 5.41 Å². The van der Waals surface area contributed by atoms with Crippen molar-refractivity contribution in [1.82, 2.24) is 0 Å². The highest BCUT2D eigenvalue weighted by molar-refractivity contribution is 8.05. The third-order valence-corrected chi connectivity index (χ3v) is 6.34. The van der Waals surface area contributed by atoms with Crippen LogP contribution < -0.4 is 0 Å². The molecule has 0 saturated heterocycles. The summed E-state index contributed by atoms with van der Waals surface area (Å²) < 4.78 is 5.71. The third-order valence-electron chi connectivity index (χ3n) is 5.60. The van der Waals surface area contributed by atoms with E-state index in [-0.39, 0.29) is 22.9 Å². The van der Waals surface area contributed by atoms with Gasteiger partial charge in [-0.15, -0.1) is 6.58 Å². The number of thioether (sulfide) groups is 1. The Hall–Kier alpha value is -0.950. The van der Waals surface area contributed by atoms with E-state index in [4.69, 9.17) is 10.00 Å². The first-order valence-corrected chi connectivity index (χ1v) is 7.62. The maximum Gasteiger partial charge on any atom is 0.324 e. The van der Waals surface area contributed by atoms with Crippen LogP contribution in [0, 0.1) is 27.4 Å². The largest absolute Gasteiger partial charge is 0.461 e. The van der Waals surface area contributed by atoms with Gasteiger partial charge in [0.25, 0.3) is 0 Å². The molecule has 0 N–H and O–H groups in total. The van der Waals surface area contributed by atoms with E-state index in [0.717, 1.165) is 24.6 Å². The van der Waals surface area contributed by atoms with E-state index in [1.807, 2.05) is 5.40 Å². The number of thiocyanates is 1. The van der Waals surface area contributed by atoms with E-state index in [1.165, 1.54) is 12.5 Å². The molecule has 19 heavy (non-hydrogen) atoms. The Balaban J connectivity index is 2.08. The number of ether oxygens (including phenoxy) is 1. The number of rotatable bonds is 4. The van der Waals surface area contributed by atoms with Crippen molar-refractivity contribution in [3.8, 4) is 5.40 Å². The van der Waals surface area contributed by atoms with Gasteiger partial charge in [0.05, 0.1) is 0 Å². The Morgan fingerprint density at radius 3 is 2.68 bits per heavy atom. The minimum atomic E-state index is -0.573. The summed E-state index contributed by atoms with van der Waals surface area (Å²) in [5.41, 5.74) is 0.292. The highest BCUT2D eigenvalue weighted by atomic mass is 32.2. The van der Waals surface area contributed by atoms with Crippen LogP contribution in [0.3, 0.4) is 0 Å². The Morgan fingerprint density at radius 1 is 1.58 bits per heavy atom. The molecule has 2 rings (SSSR count). The zero-order valence-corrected chi connectivity index (χ0v) is 12.6. The van der Waals surface area contributed by atoms with Gasteiger partial charge in [-0.25, -0.2) is 0 Å². The Labute approximate surface area is 119 Å². The third kappa shape index (κ3) is 2.08. The summed E-state index contributed by atoms with van der Waals surface area (Å²) in [7, 11) is 0. The van der Waals surface area contributed by atoms with E-state index in [0.29, 0.717) is 5.92 Å². The predicted octanol–water partition coefficient (Wildman–Crippen LogP) is 3.51. The minimum Gasteiger partial charge on any atom is -0.461 e. The standard InChI is InChI=1S/C15H21NO2S/c1-5-11(19-9-16)13(17)18-12-8-10-6-7-15(12,4)14(10,2)3/h5,10-12H,1,6-8H2,2-4H3/t10-,11?,12?,15-/m1/s1. The number of carbonyl (C=O) groups is 1.